The third kappa shape index (κ3) is 2.30. The molecule has 2 fully saturated rings. The summed E-state index contributed by atoms with van der Waals surface area (Å²) in [5.74, 6) is -0.251. The first-order valence-corrected chi connectivity index (χ1v) is 7.18. The number of likely N-dealkylation sites (tertiary alicyclic amines) is 1. The van der Waals surface area contributed by atoms with Crippen molar-refractivity contribution in [1.82, 2.24) is 15.5 Å². The Hall–Kier alpha value is -1.85. The number of hydrogen-bond acceptors (Lipinski definition) is 3. The summed E-state index contributed by atoms with van der Waals surface area (Å²) in [6, 6.07) is -0.459. The number of carbonyl (C=O) groups excluding carboxylic acids is 3. The van der Waals surface area contributed by atoms with Crippen molar-refractivity contribution in [2.24, 2.45) is 0 Å². The third-order valence-corrected chi connectivity index (χ3v) is 4.40. The average Bonchev–Trinajstić information content (AvgIpc) is 2.96. The lowest BCUT2D eigenvalue weighted by molar-refractivity contribution is -0.130. The number of carbonyl (C=O) groups is 3. The molecule has 20 heavy (non-hydrogen) atoms. The van der Waals surface area contributed by atoms with E-state index in [9.17, 15) is 14.4 Å². The van der Waals surface area contributed by atoms with Crippen LogP contribution in [0.15, 0.2) is 11.6 Å². The van der Waals surface area contributed by atoms with E-state index < -0.39 is 11.6 Å². The highest BCUT2D eigenvalue weighted by Gasteiger charge is 2.51. The molecule has 0 aromatic heterocycles. The standard InChI is InChI=1S/C14H19N3O3/c18-11(8-10-4-2-1-3-5-10)17-7-6-14(9-17)12(19)15-13(20)16-14/h4H,1-3,5-9H2,(H2,15,16,19,20)/t14-/m0/s1. The fourth-order valence-electron chi connectivity index (χ4n) is 3.21. The Morgan fingerprint density at radius 2 is 2.20 bits per heavy atom. The van der Waals surface area contributed by atoms with Crippen LogP contribution in [0.4, 0.5) is 4.79 Å². The van der Waals surface area contributed by atoms with E-state index >= 15 is 0 Å². The molecule has 6 heteroatoms. The lowest BCUT2D eigenvalue weighted by atomic mass is 9.97. The van der Waals surface area contributed by atoms with Gasteiger partial charge >= 0.3 is 6.03 Å². The van der Waals surface area contributed by atoms with Crippen molar-refractivity contribution >= 4 is 17.8 Å². The summed E-state index contributed by atoms with van der Waals surface area (Å²) in [5, 5.41) is 4.91. The molecular weight excluding hydrogens is 258 g/mol. The van der Waals surface area contributed by atoms with Crippen LogP contribution in [0, 0.1) is 0 Å². The topological polar surface area (TPSA) is 78.5 Å². The van der Waals surface area contributed by atoms with Gasteiger partial charge in [0, 0.05) is 13.0 Å². The van der Waals surface area contributed by atoms with Crippen molar-refractivity contribution in [3.8, 4) is 0 Å². The molecule has 4 amide bonds. The van der Waals surface area contributed by atoms with E-state index in [0.29, 0.717) is 19.4 Å². The molecule has 0 aromatic rings. The Kier molecular flexibility index (Phi) is 3.23. The van der Waals surface area contributed by atoms with Gasteiger partial charge in [-0.2, -0.15) is 0 Å². The van der Waals surface area contributed by atoms with E-state index in [1.54, 1.807) is 4.90 Å². The summed E-state index contributed by atoms with van der Waals surface area (Å²) in [5.41, 5.74) is 0.315. The van der Waals surface area contributed by atoms with Crippen LogP contribution in [0.25, 0.3) is 0 Å². The Morgan fingerprint density at radius 3 is 2.85 bits per heavy atom. The smallest absolute Gasteiger partial charge is 0.322 e. The number of nitrogens with zero attached hydrogens (tertiary/aromatic N) is 1. The van der Waals surface area contributed by atoms with Crippen LogP contribution in [-0.2, 0) is 9.59 Å². The van der Waals surface area contributed by atoms with Crippen LogP contribution in [0.3, 0.4) is 0 Å². The molecule has 0 aromatic carbocycles. The predicted octanol–water partition coefficient (Wildman–Crippen LogP) is 0.687. The minimum absolute atomic E-state index is 0.0592. The van der Waals surface area contributed by atoms with Crippen LogP contribution in [0.2, 0.25) is 0 Å². The third-order valence-electron chi connectivity index (χ3n) is 4.40. The van der Waals surface area contributed by atoms with Crippen LogP contribution in [0.5, 0.6) is 0 Å². The number of allylic oxidation sites excluding steroid dienone is 1. The van der Waals surface area contributed by atoms with Crippen molar-refractivity contribution in [2.45, 2.75) is 44.1 Å². The molecule has 0 unspecified atom stereocenters. The van der Waals surface area contributed by atoms with Gasteiger partial charge in [-0.25, -0.2) is 4.79 Å². The second-order valence-corrected chi connectivity index (χ2v) is 5.84. The molecule has 1 spiro atoms. The van der Waals surface area contributed by atoms with Crippen LogP contribution >= 0.6 is 0 Å². The molecule has 0 bridgehead atoms. The lowest BCUT2D eigenvalue weighted by Crippen LogP contribution is -2.49. The number of urea groups is 1. The fourth-order valence-corrected chi connectivity index (χ4v) is 3.21. The van der Waals surface area contributed by atoms with Gasteiger partial charge in [-0.1, -0.05) is 11.6 Å². The number of hydrogen-bond donors (Lipinski definition) is 2. The van der Waals surface area contributed by atoms with Crippen molar-refractivity contribution < 1.29 is 14.4 Å². The van der Waals surface area contributed by atoms with E-state index in [0.717, 1.165) is 19.3 Å². The fraction of sp³-hybridized carbons (Fsp3) is 0.643. The molecule has 2 heterocycles. The zero-order chi connectivity index (χ0) is 14.2. The number of rotatable bonds is 2. The van der Waals surface area contributed by atoms with Gasteiger partial charge in [-0.15, -0.1) is 0 Å². The van der Waals surface area contributed by atoms with Gasteiger partial charge in [-0.05, 0) is 32.1 Å². The zero-order valence-electron chi connectivity index (χ0n) is 11.4. The molecule has 0 radical (unpaired) electrons. The average molecular weight is 277 g/mol. The molecule has 2 saturated heterocycles. The molecule has 6 nitrogen and oxygen atoms in total. The van der Waals surface area contributed by atoms with E-state index in [1.807, 2.05) is 0 Å². The molecule has 0 saturated carbocycles. The summed E-state index contributed by atoms with van der Waals surface area (Å²) in [6.45, 7) is 0.816. The number of amides is 4. The molecule has 3 aliphatic rings. The van der Waals surface area contributed by atoms with Crippen LogP contribution in [-0.4, -0.2) is 41.4 Å². The second-order valence-electron chi connectivity index (χ2n) is 5.84. The maximum Gasteiger partial charge on any atom is 0.322 e. The second kappa shape index (κ2) is 4.92. The predicted molar refractivity (Wildman–Crippen MR) is 71.8 cm³/mol. The van der Waals surface area contributed by atoms with Crippen molar-refractivity contribution in [3.63, 3.8) is 0 Å². The largest absolute Gasteiger partial charge is 0.339 e. The van der Waals surface area contributed by atoms with Crippen molar-refractivity contribution in [2.75, 3.05) is 13.1 Å². The van der Waals surface area contributed by atoms with E-state index in [4.69, 9.17) is 0 Å². The first-order chi connectivity index (χ1) is 9.59. The molecule has 3 rings (SSSR count). The highest BCUT2D eigenvalue weighted by molar-refractivity contribution is 6.07. The molecule has 108 valence electrons. The van der Waals surface area contributed by atoms with Gasteiger partial charge in [0.1, 0.15) is 5.54 Å². The first-order valence-electron chi connectivity index (χ1n) is 7.18. The van der Waals surface area contributed by atoms with Gasteiger partial charge in [0.15, 0.2) is 0 Å². The summed E-state index contributed by atoms with van der Waals surface area (Å²) in [4.78, 5) is 37.1. The Balaban J connectivity index is 1.62. The first kappa shape index (κ1) is 13.1. The summed E-state index contributed by atoms with van der Waals surface area (Å²) in [7, 11) is 0. The number of nitrogens with one attached hydrogen (secondary N) is 2. The maximum atomic E-state index is 12.3. The van der Waals surface area contributed by atoms with Crippen molar-refractivity contribution in [1.29, 1.82) is 0 Å². The normalized spacial score (nSPS) is 29.4. The minimum Gasteiger partial charge on any atom is -0.339 e. The quantitative estimate of drug-likeness (QED) is 0.575. The molecular formula is C14H19N3O3. The van der Waals surface area contributed by atoms with Crippen LogP contribution < -0.4 is 10.6 Å². The van der Waals surface area contributed by atoms with E-state index in [2.05, 4.69) is 16.7 Å². The van der Waals surface area contributed by atoms with Gasteiger partial charge < -0.3 is 10.2 Å². The number of imide groups is 1. The molecule has 1 aliphatic carbocycles. The van der Waals surface area contributed by atoms with E-state index in [1.165, 1.54) is 12.0 Å². The summed E-state index contributed by atoms with van der Waals surface area (Å²) in [6.07, 6.45) is 7.53. The Morgan fingerprint density at radius 1 is 1.35 bits per heavy atom. The Labute approximate surface area is 117 Å². The SMILES string of the molecule is O=C1NC(=O)[C@@]2(CCN(C(=O)CC3=CCCCC3)C2)N1. The molecule has 2 N–H and O–H groups in total. The minimum atomic E-state index is -0.895. The van der Waals surface area contributed by atoms with Crippen molar-refractivity contribution in [3.05, 3.63) is 11.6 Å². The monoisotopic (exact) mass is 277 g/mol. The zero-order valence-corrected chi connectivity index (χ0v) is 11.4. The highest BCUT2D eigenvalue weighted by atomic mass is 16.2. The van der Waals surface area contributed by atoms with Gasteiger partial charge in [0.2, 0.25) is 5.91 Å². The summed E-state index contributed by atoms with van der Waals surface area (Å²) < 4.78 is 0. The van der Waals surface area contributed by atoms with Gasteiger partial charge in [-0.3, -0.25) is 14.9 Å². The molecule has 1 atom stereocenters. The van der Waals surface area contributed by atoms with Gasteiger partial charge in [0.25, 0.3) is 5.91 Å². The van der Waals surface area contributed by atoms with E-state index in [-0.39, 0.29) is 18.4 Å². The highest BCUT2D eigenvalue weighted by Crippen LogP contribution is 2.27. The molecule has 2 aliphatic heterocycles. The van der Waals surface area contributed by atoms with Crippen LogP contribution in [0.1, 0.15) is 38.5 Å². The maximum absolute atomic E-state index is 12.3. The summed E-state index contributed by atoms with van der Waals surface area (Å²) >= 11 is 0. The Bertz CT molecular complexity index is 500. The van der Waals surface area contributed by atoms with Gasteiger partial charge in [0.05, 0.1) is 6.54 Å². The lowest BCUT2D eigenvalue weighted by Gasteiger charge is -2.22.